The number of amides is 1. The van der Waals surface area contributed by atoms with Gasteiger partial charge in [-0.3, -0.25) is 9.88 Å². The van der Waals surface area contributed by atoms with E-state index in [-0.39, 0.29) is 18.2 Å². The molecule has 0 unspecified atom stereocenters. The minimum absolute atomic E-state index is 0.0398. The van der Waals surface area contributed by atoms with Crippen LogP contribution >= 0.6 is 11.6 Å². The Balaban J connectivity index is 1.52. The van der Waals surface area contributed by atoms with Crippen LogP contribution in [0.3, 0.4) is 0 Å². The molecule has 1 aliphatic carbocycles. The molecular weight excluding hydrogens is 462 g/mol. The number of ether oxygens (including phenoxy) is 1. The summed E-state index contributed by atoms with van der Waals surface area (Å²) in [5.41, 5.74) is 6.74. The normalized spacial score (nSPS) is 18.0. The first-order chi connectivity index (χ1) is 16.9. The molecule has 2 aliphatic rings. The number of imidazole rings is 1. The molecule has 8 heteroatoms. The van der Waals surface area contributed by atoms with Gasteiger partial charge in [-0.25, -0.2) is 9.78 Å². The largest absolute Gasteiger partial charge is 0.447 e. The fraction of sp³-hybridized carbons (Fsp3) is 0.370. The van der Waals surface area contributed by atoms with Crippen molar-refractivity contribution in [3.8, 4) is 0 Å². The summed E-state index contributed by atoms with van der Waals surface area (Å²) in [7, 11) is 2.01. The highest BCUT2D eigenvalue weighted by atomic mass is 35.5. The Morgan fingerprint density at radius 3 is 2.71 bits per heavy atom. The maximum absolute atomic E-state index is 12.4. The molecule has 1 aromatic carbocycles. The number of fused-ring (bicyclic) bond motifs is 2. The minimum atomic E-state index is -0.244. The van der Waals surface area contributed by atoms with Gasteiger partial charge in [0.05, 0.1) is 24.2 Å². The van der Waals surface area contributed by atoms with Gasteiger partial charge in [-0.15, -0.1) is 0 Å². The third-order valence-corrected chi connectivity index (χ3v) is 6.91. The van der Waals surface area contributed by atoms with Crippen LogP contribution in [0.2, 0.25) is 5.02 Å². The van der Waals surface area contributed by atoms with E-state index in [4.69, 9.17) is 21.3 Å². The predicted molar refractivity (Wildman–Crippen MR) is 137 cm³/mol. The Hall–Kier alpha value is -3.16. The zero-order chi connectivity index (χ0) is 24.5. The van der Waals surface area contributed by atoms with Gasteiger partial charge in [-0.1, -0.05) is 23.7 Å². The number of hydrogen-bond acceptors (Lipinski definition) is 5. The van der Waals surface area contributed by atoms with Crippen LogP contribution in [0.25, 0.3) is 11.6 Å². The van der Waals surface area contributed by atoms with Crippen molar-refractivity contribution < 1.29 is 9.53 Å². The minimum Gasteiger partial charge on any atom is -0.447 e. The zero-order valence-electron chi connectivity index (χ0n) is 20.3. The van der Waals surface area contributed by atoms with Crippen molar-refractivity contribution in [2.45, 2.75) is 32.4 Å². The number of hydrogen-bond donors (Lipinski definition) is 0. The van der Waals surface area contributed by atoms with E-state index in [9.17, 15) is 4.79 Å². The molecule has 182 valence electrons. The van der Waals surface area contributed by atoms with Gasteiger partial charge in [-0.05, 0) is 60.4 Å². The smallest absolute Gasteiger partial charge is 0.410 e. The molecule has 2 aromatic heterocycles. The Morgan fingerprint density at radius 1 is 1.20 bits per heavy atom. The molecule has 3 aromatic rings. The molecule has 1 fully saturated rings. The van der Waals surface area contributed by atoms with Crippen molar-refractivity contribution >= 4 is 29.3 Å². The first-order valence-electron chi connectivity index (χ1n) is 12.0. The number of nitrogens with zero attached hydrogens (tertiary/aromatic N) is 5. The van der Waals surface area contributed by atoms with Crippen molar-refractivity contribution in [2.75, 3.05) is 26.2 Å². The number of piperazine rings is 1. The van der Waals surface area contributed by atoms with Gasteiger partial charge in [0, 0.05) is 62.8 Å². The molecule has 0 saturated carbocycles. The summed E-state index contributed by atoms with van der Waals surface area (Å²) in [4.78, 5) is 25.8. The summed E-state index contributed by atoms with van der Waals surface area (Å²) in [5, 5.41) is 0.707. The van der Waals surface area contributed by atoms with Gasteiger partial charge in [0.15, 0.2) is 0 Å². The van der Waals surface area contributed by atoms with Gasteiger partial charge in [-0.2, -0.15) is 0 Å². The molecule has 0 bridgehead atoms. The predicted octanol–water partition coefficient (Wildman–Crippen LogP) is 4.82. The molecule has 35 heavy (non-hydrogen) atoms. The monoisotopic (exact) mass is 491 g/mol. The van der Waals surface area contributed by atoms with E-state index in [0.717, 1.165) is 42.0 Å². The zero-order valence-corrected chi connectivity index (χ0v) is 21.1. The third-order valence-electron chi connectivity index (χ3n) is 6.68. The number of carbonyl (C=O) groups excluding carboxylic acids is 1. The average Bonchev–Trinajstić information content (AvgIpc) is 3.18. The number of rotatable bonds is 4. The highest BCUT2D eigenvalue weighted by molar-refractivity contribution is 6.30. The number of halogens is 1. The maximum Gasteiger partial charge on any atom is 0.410 e. The van der Waals surface area contributed by atoms with Crippen LogP contribution in [-0.2, 0) is 18.2 Å². The SMILES string of the molecule is CC(C)OC(=O)N1CCN([C@H]2c3ccc(Cl)cc3C(Cc3cncn3C)=Cc3cccnc32)CC1. The molecular formula is C27H30ClN5O2. The second kappa shape index (κ2) is 9.84. The van der Waals surface area contributed by atoms with Crippen molar-refractivity contribution in [3.63, 3.8) is 0 Å². The molecule has 1 atom stereocenters. The summed E-state index contributed by atoms with van der Waals surface area (Å²) in [6.45, 7) is 6.44. The van der Waals surface area contributed by atoms with Gasteiger partial charge < -0.3 is 14.2 Å². The maximum atomic E-state index is 12.4. The molecule has 5 rings (SSSR count). The van der Waals surface area contributed by atoms with E-state index in [1.165, 1.54) is 11.1 Å². The average molecular weight is 492 g/mol. The van der Waals surface area contributed by atoms with E-state index < -0.39 is 0 Å². The fourth-order valence-corrected chi connectivity index (χ4v) is 5.12. The van der Waals surface area contributed by atoms with Crippen molar-refractivity contribution in [3.05, 3.63) is 82.2 Å². The van der Waals surface area contributed by atoms with Crippen LogP contribution in [0.4, 0.5) is 4.79 Å². The molecule has 1 amide bonds. The van der Waals surface area contributed by atoms with Crippen LogP contribution in [-0.4, -0.2) is 62.7 Å². The summed E-state index contributed by atoms with van der Waals surface area (Å²) >= 11 is 6.52. The van der Waals surface area contributed by atoms with Crippen molar-refractivity contribution in [2.24, 2.45) is 7.05 Å². The Labute approximate surface area is 211 Å². The van der Waals surface area contributed by atoms with Gasteiger partial charge in [0.2, 0.25) is 0 Å². The van der Waals surface area contributed by atoms with Crippen LogP contribution in [0.5, 0.6) is 0 Å². The van der Waals surface area contributed by atoms with Gasteiger partial charge in [0.1, 0.15) is 0 Å². The number of carbonyl (C=O) groups is 1. The third kappa shape index (κ3) is 4.83. The van der Waals surface area contributed by atoms with E-state index in [1.54, 1.807) is 4.90 Å². The quantitative estimate of drug-likeness (QED) is 0.523. The lowest BCUT2D eigenvalue weighted by Crippen LogP contribution is -2.50. The lowest BCUT2D eigenvalue weighted by atomic mass is 9.92. The Morgan fingerprint density at radius 2 is 2.00 bits per heavy atom. The molecule has 1 aliphatic heterocycles. The second-order valence-corrected chi connectivity index (χ2v) is 9.85. The Kier molecular flexibility index (Phi) is 6.62. The number of allylic oxidation sites excluding steroid dienone is 1. The number of aromatic nitrogens is 3. The summed E-state index contributed by atoms with van der Waals surface area (Å²) in [5.74, 6) is 0. The van der Waals surface area contributed by atoms with Crippen LogP contribution in [0.1, 0.15) is 48.0 Å². The first-order valence-corrected chi connectivity index (χ1v) is 12.4. The Bertz CT molecular complexity index is 1260. The number of benzene rings is 1. The van der Waals surface area contributed by atoms with Gasteiger partial charge in [0.25, 0.3) is 0 Å². The van der Waals surface area contributed by atoms with Crippen LogP contribution < -0.4 is 0 Å². The lowest BCUT2D eigenvalue weighted by molar-refractivity contribution is 0.0513. The standard InChI is InChI=1S/C27H30ClN5O2/c1-18(2)35-27(34)33-11-9-32(10-12-33)26-23-7-6-21(28)15-24(23)20(14-22-16-29-17-31(22)3)13-19-5-4-8-30-25(19)26/h4-8,13,15-18,26H,9-12,14H2,1-3H3/t26-/m0/s1. The molecule has 1 saturated heterocycles. The van der Waals surface area contributed by atoms with E-state index >= 15 is 0 Å². The van der Waals surface area contributed by atoms with Crippen LogP contribution in [0, 0.1) is 0 Å². The van der Waals surface area contributed by atoms with Crippen molar-refractivity contribution in [1.29, 1.82) is 0 Å². The lowest BCUT2D eigenvalue weighted by Gasteiger charge is -2.39. The first kappa shape index (κ1) is 23.6. The fourth-order valence-electron chi connectivity index (χ4n) is 4.94. The molecule has 0 radical (unpaired) electrons. The summed E-state index contributed by atoms with van der Waals surface area (Å²) in [6, 6.07) is 10.2. The van der Waals surface area contributed by atoms with Crippen LogP contribution in [0.15, 0.2) is 49.1 Å². The van der Waals surface area contributed by atoms with Crippen molar-refractivity contribution in [1.82, 2.24) is 24.3 Å². The highest BCUT2D eigenvalue weighted by Gasteiger charge is 2.34. The number of aryl methyl sites for hydroxylation is 1. The summed E-state index contributed by atoms with van der Waals surface area (Å²) in [6.07, 6.45) is 8.20. The number of pyridine rings is 1. The second-order valence-electron chi connectivity index (χ2n) is 9.41. The summed E-state index contributed by atoms with van der Waals surface area (Å²) < 4.78 is 7.46. The van der Waals surface area contributed by atoms with Gasteiger partial charge >= 0.3 is 6.09 Å². The van der Waals surface area contributed by atoms with E-state index in [2.05, 4.69) is 34.2 Å². The topological polar surface area (TPSA) is 63.5 Å². The molecule has 0 N–H and O–H groups in total. The highest BCUT2D eigenvalue weighted by Crippen LogP contribution is 2.41. The van der Waals surface area contributed by atoms with E-state index in [0.29, 0.717) is 18.1 Å². The van der Waals surface area contributed by atoms with E-state index in [1.807, 2.05) is 56.3 Å². The molecule has 0 spiro atoms. The molecule has 7 nitrogen and oxygen atoms in total. The molecule has 3 heterocycles.